The van der Waals surface area contributed by atoms with Gasteiger partial charge in [-0.25, -0.2) is 0 Å². The van der Waals surface area contributed by atoms with Crippen molar-refractivity contribution in [2.24, 2.45) is 0 Å². The standard InChI is InChI=1S/C35H31O4P.Li/c1-23-20-24(2)33(26(4)25(23)3)35(36)40-34-31(38-28-16-10-6-11-17-28)21-30(37-27-14-8-5-9-15-27)22-32(34)39-29-18-12-7-13-19-29;/h5-22,40H,1-4H3;. The molecule has 0 fully saturated rings. The molecular formula is C35H31LiO4P. The van der Waals surface area contributed by atoms with Crippen molar-refractivity contribution in [3.8, 4) is 34.5 Å². The molecule has 5 aromatic rings. The van der Waals surface area contributed by atoms with Gasteiger partial charge in [0.05, 0.1) is 5.30 Å². The van der Waals surface area contributed by atoms with Gasteiger partial charge in [0.1, 0.15) is 34.5 Å². The average molecular weight is 554 g/mol. The van der Waals surface area contributed by atoms with Crippen LogP contribution in [0.4, 0.5) is 0 Å². The van der Waals surface area contributed by atoms with E-state index >= 15 is 0 Å². The molecular weight excluding hydrogens is 522 g/mol. The molecule has 0 saturated carbocycles. The number of para-hydroxylation sites is 3. The van der Waals surface area contributed by atoms with Crippen LogP contribution in [0.5, 0.6) is 34.5 Å². The summed E-state index contributed by atoms with van der Waals surface area (Å²) < 4.78 is 19.0. The smallest absolute Gasteiger partial charge is 0.186 e. The van der Waals surface area contributed by atoms with E-state index in [1.807, 2.05) is 117 Å². The Morgan fingerprint density at radius 3 is 1.44 bits per heavy atom. The Morgan fingerprint density at radius 1 is 0.537 bits per heavy atom. The summed E-state index contributed by atoms with van der Waals surface area (Å²) in [5.74, 6) is 3.56. The van der Waals surface area contributed by atoms with E-state index in [1.165, 1.54) is 5.56 Å². The molecule has 1 atom stereocenters. The fourth-order valence-electron chi connectivity index (χ4n) is 4.57. The summed E-state index contributed by atoms with van der Waals surface area (Å²) in [5, 5.41) is 0.676. The van der Waals surface area contributed by atoms with E-state index in [0.717, 1.165) is 22.3 Å². The Bertz CT molecular complexity index is 1580. The summed E-state index contributed by atoms with van der Waals surface area (Å²) in [7, 11) is -0.237. The van der Waals surface area contributed by atoms with Crippen LogP contribution in [0.3, 0.4) is 0 Å². The van der Waals surface area contributed by atoms with Crippen LogP contribution in [0.1, 0.15) is 32.6 Å². The number of benzene rings is 5. The van der Waals surface area contributed by atoms with E-state index in [0.29, 0.717) is 39.8 Å². The van der Waals surface area contributed by atoms with Gasteiger partial charge in [0, 0.05) is 36.6 Å². The van der Waals surface area contributed by atoms with Crippen LogP contribution >= 0.6 is 8.58 Å². The molecule has 1 radical (unpaired) electrons. The molecule has 5 aromatic carbocycles. The third kappa shape index (κ3) is 7.29. The number of carbonyl (C=O) groups excluding carboxylic acids is 1. The van der Waals surface area contributed by atoms with Gasteiger partial charge in [-0.1, -0.05) is 60.7 Å². The second-order valence-corrected chi connectivity index (χ2v) is 10.8. The maximum absolute atomic E-state index is 14.0. The van der Waals surface area contributed by atoms with Gasteiger partial charge in [0.2, 0.25) is 0 Å². The minimum absolute atomic E-state index is 0. The Labute approximate surface area is 255 Å². The van der Waals surface area contributed by atoms with Crippen molar-refractivity contribution in [2.45, 2.75) is 27.7 Å². The first-order valence-corrected chi connectivity index (χ1v) is 14.1. The van der Waals surface area contributed by atoms with E-state index < -0.39 is 0 Å². The molecule has 0 saturated heterocycles. The van der Waals surface area contributed by atoms with Crippen molar-refractivity contribution in [1.29, 1.82) is 0 Å². The Kier molecular flexibility index (Phi) is 10.1. The zero-order valence-corrected chi connectivity index (χ0v) is 25.0. The molecule has 5 rings (SSSR count). The van der Waals surface area contributed by atoms with Gasteiger partial charge in [0.25, 0.3) is 0 Å². The minimum atomic E-state index is -0.237. The predicted molar refractivity (Wildman–Crippen MR) is 169 cm³/mol. The van der Waals surface area contributed by atoms with E-state index in [9.17, 15) is 4.79 Å². The number of rotatable bonds is 9. The number of ether oxygens (including phenoxy) is 3. The molecule has 0 aliphatic carbocycles. The first-order valence-electron chi connectivity index (χ1n) is 13.1. The summed E-state index contributed by atoms with van der Waals surface area (Å²) in [6.07, 6.45) is 0. The molecule has 0 heterocycles. The van der Waals surface area contributed by atoms with Crippen LogP contribution in [-0.2, 0) is 0 Å². The maximum Gasteiger partial charge on any atom is 0.186 e. The molecule has 0 aromatic heterocycles. The molecule has 41 heavy (non-hydrogen) atoms. The van der Waals surface area contributed by atoms with Crippen molar-refractivity contribution in [3.05, 3.63) is 137 Å². The molecule has 4 nitrogen and oxygen atoms in total. The molecule has 201 valence electrons. The second kappa shape index (κ2) is 13.7. The number of carbonyl (C=O) groups is 1. The van der Waals surface area contributed by atoms with Crippen LogP contribution in [-0.4, -0.2) is 24.4 Å². The minimum Gasteiger partial charge on any atom is -0.457 e. The largest absolute Gasteiger partial charge is 0.457 e. The first kappa shape index (κ1) is 30.2. The van der Waals surface area contributed by atoms with Crippen molar-refractivity contribution in [1.82, 2.24) is 0 Å². The SMILES string of the molecule is Cc1cc(C)c(C(=O)Pc2c(Oc3ccccc3)cc(Oc3ccccc3)cc2Oc2ccccc2)c(C)c1C.[Li]. The van der Waals surface area contributed by atoms with Gasteiger partial charge >= 0.3 is 0 Å². The monoisotopic (exact) mass is 553 g/mol. The fraction of sp³-hybridized carbons (Fsp3) is 0.114. The topological polar surface area (TPSA) is 44.8 Å². The molecule has 0 amide bonds. The van der Waals surface area contributed by atoms with Crippen molar-refractivity contribution >= 4 is 38.3 Å². The summed E-state index contributed by atoms with van der Waals surface area (Å²) in [6, 6.07) is 34.3. The van der Waals surface area contributed by atoms with Gasteiger partial charge in [-0.3, -0.25) is 4.79 Å². The number of hydrogen-bond acceptors (Lipinski definition) is 4. The third-order valence-corrected chi connectivity index (χ3v) is 8.00. The van der Waals surface area contributed by atoms with Crippen LogP contribution in [0.25, 0.3) is 0 Å². The summed E-state index contributed by atoms with van der Waals surface area (Å²) in [4.78, 5) is 14.0. The zero-order valence-electron chi connectivity index (χ0n) is 24.0. The molecule has 0 N–H and O–H groups in total. The van der Waals surface area contributed by atoms with Gasteiger partial charge in [-0.2, -0.15) is 0 Å². The van der Waals surface area contributed by atoms with Gasteiger partial charge in [-0.05, 0) is 94.9 Å². The third-order valence-electron chi connectivity index (χ3n) is 6.78. The Balaban J connectivity index is 0.00000387. The van der Waals surface area contributed by atoms with Crippen LogP contribution in [0.15, 0.2) is 109 Å². The summed E-state index contributed by atoms with van der Waals surface area (Å²) in [5.41, 5.74) is 5.08. The quantitative estimate of drug-likeness (QED) is 0.135. The van der Waals surface area contributed by atoms with E-state index in [-0.39, 0.29) is 33.0 Å². The molecule has 0 bridgehead atoms. The van der Waals surface area contributed by atoms with Crippen LogP contribution in [0, 0.1) is 27.7 Å². The second-order valence-electron chi connectivity index (χ2n) is 9.63. The van der Waals surface area contributed by atoms with Crippen LogP contribution < -0.4 is 19.5 Å². The number of aryl methyl sites for hydroxylation is 2. The zero-order chi connectivity index (χ0) is 28.1. The fourth-order valence-corrected chi connectivity index (χ4v) is 5.80. The molecule has 0 spiro atoms. The van der Waals surface area contributed by atoms with Gasteiger partial charge in [0.15, 0.2) is 5.52 Å². The molecule has 0 aliphatic heterocycles. The van der Waals surface area contributed by atoms with Crippen molar-refractivity contribution < 1.29 is 19.0 Å². The van der Waals surface area contributed by atoms with E-state index in [2.05, 4.69) is 19.9 Å². The van der Waals surface area contributed by atoms with Crippen molar-refractivity contribution in [2.75, 3.05) is 0 Å². The van der Waals surface area contributed by atoms with E-state index in [1.54, 1.807) is 0 Å². The average Bonchev–Trinajstić information content (AvgIpc) is 2.95. The Hall–Kier alpha value is -3.80. The van der Waals surface area contributed by atoms with Gasteiger partial charge in [-0.15, -0.1) is 0 Å². The first-order chi connectivity index (χ1) is 19.4. The van der Waals surface area contributed by atoms with Gasteiger partial charge < -0.3 is 14.2 Å². The van der Waals surface area contributed by atoms with E-state index in [4.69, 9.17) is 14.2 Å². The number of hydrogen-bond donors (Lipinski definition) is 0. The summed E-state index contributed by atoms with van der Waals surface area (Å²) >= 11 is 0. The predicted octanol–water partition coefficient (Wildman–Crippen LogP) is 9.06. The summed E-state index contributed by atoms with van der Waals surface area (Å²) in [6.45, 7) is 8.16. The molecule has 1 unspecified atom stereocenters. The van der Waals surface area contributed by atoms with Crippen molar-refractivity contribution in [3.63, 3.8) is 0 Å². The maximum atomic E-state index is 14.0. The molecule has 0 aliphatic rings. The molecule has 6 heteroatoms. The Morgan fingerprint density at radius 2 is 0.976 bits per heavy atom. The van der Waals surface area contributed by atoms with Crippen LogP contribution in [0.2, 0.25) is 0 Å². The normalized spacial score (nSPS) is 10.7.